The van der Waals surface area contributed by atoms with E-state index >= 15 is 0 Å². The molecule has 1 aromatic heterocycles. The van der Waals surface area contributed by atoms with Gasteiger partial charge in [-0.1, -0.05) is 13.8 Å². The second kappa shape index (κ2) is 9.28. The van der Waals surface area contributed by atoms with Gasteiger partial charge in [-0.15, -0.1) is 0 Å². The molecule has 0 spiro atoms. The van der Waals surface area contributed by atoms with Gasteiger partial charge in [-0.25, -0.2) is 9.97 Å². The molecule has 0 aliphatic carbocycles. The number of aromatic nitrogens is 2. The summed E-state index contributed by atoms with van der Waals surface area (Å²) in [7, 11) is 0. The lowest BCUT2D eigenvalue weighted by molar-refractivity contribution is -0.131. The van der Waals surface area contributed by atoms with Gasteiger partial charge in [0.25, 0.3) is 0 Å². The van der Waals surface area contributed by atoms with Crippen LogP contribution >= 0.6 is 0 Å². The van der Waals surface area contributed by atoms with E-state index in [9.17, 15) is 4.79 Å². The van der Waals surface area contributed by atoms with Crippen molar-refractivity contribution in [1.82, 2.24) is 24.7 Å². The van der Waals surface area contributed by atoms with Gasteiger partial charge in [0.15, 0.2) is 0 Å². The number of carbonyl (C=O) groups is 1. The van der Waals surface area contributed by atoms with Gasteiger partial charge in [-0.3, -0.25) is 4.79 Å². The monoisotopic (exact) mass is 360 g/mol. The quantitative estimate of drug-likeness (QED) is 0.748. The van der Waals surface area contributed by atoms with Crippen LogP contribution in [0.2, 0.25) is 0 Å². The van der Waals surface area contributed by atoms with Crippen LogP contribution in [0.5, 0.6) is 0 Å². The molecule has 2 saturated heterocycles. The van der Waals surface area contributed by atoms with Crippen LogP contribution in [0.4, 0.5) is 5.95 Å². The number of amides is 1. The summed E-state index contributed by atoms with van der Waals surface area (Å²) in [5, 5.41) is 0. The van der Waals surface area contributed by atoms with Crippen molar-refractivity contribution in [2.24, 2.45) is 5.92 Å². The van der Waals surface area contributed by atoms with Crippen LogP contribution in [0.3, 0.4) is 0 Å². The number of rotatable bonds is 6. The molecule has 3 heterocycles. The number of hydrogen-bond donors (Lipinski definition) is 0. The van der Waals surface area contributed by atoms with E-state index in [4.69, 9.17) is 0 Å². The molecular formula is C19H32N6O. The molecule has 3 rings (SSSR count). The van der Waals surface area contributed by atoms with Crippen LogP contribution in [0.15, 0.2) is 18.5 Å². The van der Waals surface area contributed by atoms with Gasteiger partial charge in [0.1, 0.15) is 0 Å². The van der Waals surface area contributed by atoms with Crippen LogP contribution in [-0.4, -0.2) is 96.0 Å². The van der Waals surface area contributed by atoms with Gasteiger partial charge in [-0.05, 0) is 12.0 Å². The minimum absolute atomic E-state index is 0.281. The number of hydrogen-bond acceptors (Lipinski definition) is 6. The molecule has 2 aliphatic rings. The summed E-state index contributed by atoms with van der Waals surface area (Å²) in [6.45, 7) is 14.2. The van der Waals surface area contributed by atoms with E-state index < -0.39 is 0 Å². The van der Waals surface area contributed by atoms with Gasteiger partial charge < -0.3 is 19.6 Å². The van der Waals surface area contributed by atoms with Crippen molar-refractivity contribution in [3.63, 3.8) is 0 Å². The Morgan fingerprint density at radius 3 is 2.19 bits per heavy atom. The Balaban J connectivity index is 1.35. The highest BCUT2D eigenvalue weighted by molar-refractivity contribution is 5.76. The van der Waals surface area contributed by atoms with Crippen molar-refractivity contribution in [3.05, 3.63) is 18.5 Å². The summed E-state index contributed by atoms with van der Waals surface area (Å²) in [5.74, 6) is 1.77. The van der Waals surface area contributed by atoms with Gasteiger partial charge in [-0.2, -0.15) is 0 Å². The first kappa shape index (κ1) is 19.0. The minimum atomic E-state index is 0.281. The predicted octanol–water partition coefficient (Wildman–Crippen LogP) is 0.789. The van der Waals surface area contributed by atoms with Crippen LogP contribution in [-0.2, 0) is 4.79 Å². The van der Waals surface area contributed by atoms with Crippen LogP contribution < -0.4 is 4.90 Å². The maximum absolute atomic E-state index is 12.5. The lowest BCUT2D eigenvalue weighted by atomic mass is 10.2. The zero-order chi connectivity index (χ0) is 18.4. The fourth-order valence-corrected chi connectivity index (χ4v) is 3.73. The summed E-state index contributed by atoms with van der Waals surface area (Å²) in [6.07, 6.45) is 4.16. The van der Waals surface area contributed by atoms with Crippen molar-refractivity contribution in [3.8, 4) is 0 Å². The van der Waals surface area contributed by atoms with Crippen molar-refractivity contribution in [1.29, 1.82) is 0 Å². The highest BCUT2D eigenvalue weighted by Gasteiger charge is 2.23. The molecule has 7 nitrogen and oxygen atoms in total. The summed E-state index contributed by atoms with van der Waals surface area (Å²) in [4.78, 5) is 30.2. The first-order valence-electron chi connectivity index (χ1n) is 9.86. The maximum atomic E-state index is 12.5. The molecule has 0 radical (unpaired) electrons. The molecule has 1 aromatic rings. The van der Waals surface area contributed by atoms with E-state index in [1.54, 1.807) is 12.4 Å². The lowest BCUT2D eigenvalue weighted by Crippen LogP contribution is -2.51. The average Bonchev–Trinajstić information content (AvgIpc) is 2.67. The molecule has 0 unspecified atom stereocenters. The second-order valence-electron chi connectivity index (χ2n) is 7.70. The molecule has 144 valence electrons. The van der Waals surface area contributed by atoms with E-state index in [0.717, 1.165) is 70.8 Å². The van der Waals surface area contributed by atoms with Crippen molar-refractivity contribution in [2.45, 2.75) is 20.3 Å². The first-order chi connectivity index (χ1) is 12.6. The minimum Gasteiger partial charge on any atom is -0.339 e. The topological polar surface area (TPSA) is 55.8 Å². The fraction of sp³-hybridized carbons (Fsp3) is 0.737. The number of nitrogens with zero attached hydrogens (tertiary/aromatic N) is 6. The number of carbonyl (C=O) groups excluding carboxylic acids is 1. The molecule has 0 bridgehead atoms. The zero-order valence-electron chi connectivity index (χ0n) is 16.2. The average molecular weight is 361 g/mol. The van der Waals surface area contributed by atoms with Crippen LogP contribution in [0.25, 0.3) is 0 Å². The third kappa shape index (κ3) is 5.38. The van der Waals surface area contributed by atoms with Gasteiger partial charge in [0.05, 0.1) is 0 Å². The molecule has 2 fully saturated rings. The Kier molecular flexibility index (Phi) is 6.80. The van der Waals surface area contributed by atoms with Crippen LogP contribution in [0.1, 0.15) is 20.3 Å². The maximum Gasteiger partial charge on any atom is 0.225 e. The molecule has 26 heavy (non-hydrogen) atoms. The Morgan fingerprint density at radius 2 is 1.58 bits per heavy atom. The lowest BCUT2D eigenvalue weighted by Gasteiger charge is -2.37. The smallest absolute Gasteiger partial charge is 0.225 e. The molecule has 0 atom stereocenters. The van der Waals surface area contributed by atoms with Gasteiger partial charge >= 0.3 is 0 Å². The predicted molar refractivity (Wildman–Crippen MR) is 103 cm³/mol. The molecule has 7 heteroatoms. The summed E-state index contributed by atoms with van der Waals surface area (Å²) >= 11 is 0. The Bertz CT molecular complexity index is 550. The van der Waals surface area contributed by atoms with E-state index in [1.807, 2.05) is 11.0 Å². The summed E-state index contributed by atoms with van der Waals surface area (Å²) in [5.41, 5.74) is 0. The second-order valence-corrected chi connectivity index (χ2v) is 7.70. The summed E-state index contributed by atoms with van der Waals surface area (Å²) < 4.78 is 0. The first-order valence-corrected chi connectivity index (χ1v) is 9.86. The van der Waals surface area contributed by atoms with E-state index in [0.29, 0.717) is 6.42 Å². The largest absolute Gasteiger partial charge is 0.339 e. The van der Waals surface area contributed by atoms with Crippen molar-refractivity contribution >= 4 is 11.9 Å². The third-order valence-corrected chi connectivity index (χ3v) is 5.20. The van der Waals surface area contributed by atoms with E-state index in [2.05, 4.69) is 38.5 Å². The Labute approximate surface area is 157 Å². The number of anilines is 1. The molecule has 0 N–H and O–H groups in total. The van der Waals surface area contributed by atoms with E-state index in [1.165, 1.54) is 6.54 Å². The fourth-order valence-electron chi connectivity index (χ4n) is 3.73. The highest BCUT2D eigenvalue weighted by Crippen LogP contribution is 2.11. The zero-order valence-corrected chi connectivity index (χ0v) is 16.2. The standard InChI is InChI=1S/C19H32N6O/c1-17(2)16-23-10-8-22(9-11-23)7-4-18(26)24-12-14-25(15-13-24)19-20-5-3-6-21-19/h3,5-6,17H,4,7-16H2,1-2H3. The molecule has 1 amide bonds. The molecular weight excluding hydrogens is 328 g/mol. The highest BCUT2D eigenvalue weighted by atomic mass is 16.2. The molecule has 0 aromatic carbocycles. The SMILES string of the molecule is CC(C)CN1CCN(CCC(=O)N2CCN(c3ncccn3)CC2)CC1. The number of piperazine rings is 2. The molecule has 2 aliphatic heterocycles. The van der Waals surface area contributed by atoms with Gasteiger partial charge in [0.2, 0.25) is 11.9 Å². The van der Waals surface area contributed by atoms with Crippen molar-refractivity contribution < 1.29 is 4.79 Å². The third-order valence-electron chi connectivity index (χ3n) is 5.20. The Morgan fingerprint density at radius 1 is 0.962 bits per heavy atom. The summed E-state index contributed by atoms with van der Waals surface area (Å²) in [6, 6.07) is 1.83. The van der Waals surface area contributed by atoms with Crippen molar-refractivity contribution in [2.75, 3.05) is 70.3 Å². The molecule has 0 saturated carbocycles. The van der Waals surface area contributed by atoms with E-state index in [-0.39, 0.29) is 5.91 Å². The normalized spacial score (nSPS) is 20.0. The Hall–Kier alpha value is -1.73. The van der Waals surface area contributed by atoms with Gasteiger partial charge in [0, 0.05) is 84.3 Å². The van der Waals surface area contributed by atoms with Crippen LogP contribution in [0, 0.1) is 5.92 Å².